The van der Waals surface area contributed by atoms with Crippen LogP contribution < -0.4 is 15.5 Å². The predicted molar refractivity (Wildman–Crippen MR) is 137 cm³/mol. The molecule has 1 atom stereocenters. The number of rotatable bonds is 7. The van der Waals surface area contributed by atoms with Crippen molar-refractivity contribution in [2.75, 3.05) is 43.1 Å². The van der Waals surface area contributed by atoms with Gasteiger partial charge in [0.15, 0.2) is 0 Å². The molecule has 4 rings (SSSR count). The Balaban J connectivity index is 1.66. The fourth-order valence-corrected chi connectivity index (χ4v) is 4.36. The Labute approximate surface area is 216 Å². The van der Waals surface area contributed by atoms with Crippen molar-refractivity contribution in [2.45, 2.75) is 32.2 Å². The van der Waals surface area contributed by atoms with Gasteiger partial charge in [-0.1, -0.05) is 0 Å². The van der Waals surface area contributed by atoms with Gasteiger partial charge in [-0.15, -0.1) is 0 Å². The SMILES string of the molecule is CC(C)(O)[C@H](F)CN1Cc2cc(NC(=O)/C(C=N)=C3\N=CC(Br)=C[NH2+]3)c(N3CCOCC3)cc2C1=O. The van der Waals surface area contributed by atoms with Gasteiger partial charge in [-0.3, -0.25) is 14.9 Å². The molecule has 3 heterocycles. The topological polar surface area (TPSA) is 135 Å². The van der Waals surface area contributed by atoms with E-state index in [0.29, 0.717) is 54.6 Å². The Hall–Kier alpha value is -2.93. The molecule has 1 fully saturated rings. The summed E-state index contributed by atoms with van der Waals surface area (Å²) in [6, 6.07) is 3.45. The number of aliphatic hydroxyl groups is 1. The minimum Gasteiger partial charge on any atom is -0.387 e. The summed E-state index contributed by atoms with van der Waals surface area (Å²) in [7, 11) is 0. The number of nitrogens with zero attached hydrogens (tertiary/aromatic N) is 3. The Bertz CT molecular complexity index is 1170. The number of hydrogen-bond acceptors (Lipinski definition) is 7. The summed E-state index contributed by atoms with van der Waals surface area (Å²) in [6.07, 6.45) is 2.63. The molecule has 0 unspecified atom stereocenters. The van der Waals surface area contributed by atoms with Crippen LogP contribution >= 0.6 is 15.9 Å². The standard InChI is InChI=1S/C24H28BrFN6O4/c1-24(2,35)20(26)13-32-12-14-7-18(19(8-16(14)23(32)34)31-3-5-36-6-4-31)30-22(33)17(9-27)21-28-10-15(25)11-29-21/h7-11,20,27-28,35H,3-6,12-13H2,1-2H3,(H,30,33)/p+1/b21-17-,27-9?/t20-/m1/s1. The van der Waals surface area contributed by atoms with E-state index in [1.54, 1.807) is 29.9 Å². The number of anilines is 2. The molecule has 5 N–H and O–H groups in total. The lowest BCUT2D eigenvalue weighted by atomic mass is 10.0. The Morgan fingerprint density at radius 2 is 2.14 bits per heavy atom. The minimum atomic E-state index is -1.61. The van der Waals surface area contributed by atoms with E-state index in [-0.39, 0.29) is 24.6 Å². The first-order valence-corrected chi connectivity index (χ1v) is 12.3. The number of quaternary nitrogens is 1. The summed E-state index contributed by atoms with van der Waals surface area (Å²) in [6.45, 7) is 4.79. The Morgan fingerprint density at radius 3 is 2.75 bits per heavy atom. The third-order valence-electron chi connectivity index (χ3n) is 6.24. The van der Waals surface area contributed by atoms with Gasteiger partial charge >= 0.3 is 0 Å². The fourth-order valence-electron chi connectivity index (χ4n) is 4.12. The van der Waals surface area contributed by atoms with Crippen LogP contribution in [0.5, 0.6) is 0 Å². The fraction of sp³-hybridized carbons (Fsp3) is 0.417. The molecule has 36 heavy (non-hydrogen) atoms. The van der Waals surface area contributed by atoms with Gasteiger partial charge < -0.3 is 30.4 Å². The van der Waals surface area contributed by atoms with E-state index in [9.17, 15) is 19.1 Å². The molecule has 2 amide bonds. The first-order chi connectivity index (χ1) is 17.1. The van der Waals surface area contributed by atoms with Crippen molar-refractivity contribution >= 4 is 51.5 Å². The first kappa shape index (κ1) is 26.1. The molecule has 0 aromatic heterocycles. The zero-order valence-corrected chi connectivity index (χ0v) is 21.6. The van der Waals surface area contributed by atoms with E-state index in [0.717, 1.165) is 10.7 Å². The molecule has 0 spiro atoms. The number of carbonyl (C=O) groups excluding carboxylic acids is 2. The van der Waals surface area contributed by atoms with Crippen molar-refractivity contribution in [1.29, 1.82) is 5.41 Å². The number of nitrogens with two attached hydrogens (primary N) is 1. The molecule has 0 radical (unpaired) electrons. The molecule has 12 heteroatoms. The van der Waals surface area contributed by atoms with E-state index < -0.39 is 17.7 Å². The number of ether oxygens (including phenoxy) is 1. The Morgan fingerprint density at radius 1 is 1.42 bits per heavy atom. The largest absolute Gasteiger partial charge is 0.387 e. The highest BCUT2D eigenvalue weighted by Gasteiger charge is 2.36. The van der Waals surface area contributed by atoms with Crippen molar-refractivity contribution in [3.63, 3.8) is 0 Å². The predicted octanol–water partition coefficient (Wildman–Crippen LogP) is 1.27. The molecule has 192 valence electrons. The van der Waals surface area contributed by atoms with Crippen LogP contribution in [0.4, 0.5) is 15.8 Å². The third kappa shape index (κ3) is 5.56. The molecule has 3 aliphatic heterocycles. The van der Waals surface area contributed by atoms with Gasteiger partial charge in [-0.2, -0.15) is 0 Å². The number of aliphatic imine (C=N–C) groups is 1. The summed E-state index contributed by atoms with van der Waals surface area (Å²) < 4.78 is 20.7. The maximum absolute atomic E-state index is 14.5. The van der Waals surface area contributed by atoms with Crippen LogP contribution in [0, 0.1) is 5.41 Å². The highest BCUT2D eigenvalue weighted by atomic mass is 79.9. The average molecular weight is 564 g/mol. The zero-order chi connectivity index (χ0) is 26.0. The number of fused-ring (bicyclic) bond motifs is 1. The average Bonchev–Trinajstić information content (AvgIpc) is 3.14. The number of halogens is 2. The van der Waals surface area contributed by atoms with E-state index in [1.165, 1.54) is 18.7 Å². The molecule has 0 aliphatic carbocycles. The van der Waals surface area contributed by atoms with Crippen LogP contribution in [-0.4, -0.2) is 78.9 Å². The second kappa shape index (κ2) is 10.6. The van der Waals surface area contributed by atoms with Crippen LogP contribution in [0.25, 0.3) is 0 Å². The third-order valence-corrected chi connectivity index (χ3v) is 6.71. The van der Waals surface area contributed by atoms with Crippen molar-refractivity contribution < 1.29 is 29.1 Å². The number of morpholine rings is 1. The minimum absolute atomic E-state index is 0.0825. The van der Waals surface area contributed by atoms with Gasteiger partial charge in [0, 0.05) is 31.4 Å². The number of allylic oxidation sites excluding steroid dienone is 1. The number of amides is 2. The van der Waals surface area contributed by atoms with E-state index in [2.05, 4.69) is 26.2 Å². The van der Waals surface area contributed by atoms with Crippen molar-refractivity contribution in [1.82, 2.24) is 4.90 Å². The summed E-state index contributed by atoms with van der Waals surface area (Å²) in [5, 5.41) is 22.3. The number of alkyl halides is 1. The zero-order valence-electron chi connectivity index (χ0n) is 20.1. The summed E-state index contributed by atoms with van der Waals surface area (Å²) in [4.78, 5) is 33.9. The van der Waals surface area contributed by atoms with E-state index >= 15 is 0 Å². The number of nitrogens with one attached hydrogen (secondary N) is 2. The molecular weight excluding hydrogens is 535 g/mol. The lowest BCUT2D eigenvalue weighted by Crippen LogP contribution is -2.77. The quantitative estimate of drug-likeness (QED) is 0.292. The van der Waals surface area contributed by atoms with Gasteiger partial charge in [0.25, 0.3) is 11.8 Å². The van der Waals surface area contributed by atoms with Crippen LogP contribution in [0.15, 0.2) is 39.2 Å². The van der Waals surface area contributed by atoms with Gasteiger partial charge in [-0.05, 0) is 47.5 Å². The smallest absolute Gasteiger partial charge is 0.265 e. The molecule has 1 aromatic carbocycles. The van der Waals surface area contributed by atoms with Crippen LogP contribution in [0.1, 0.15) is 29.8 Å². The van der Waals surface area contributed by atoms with E-state index in [4.69, 9.17) is 10.1 Å². The number of carbonyl (C=O) groups is 2. The van der Waals surface area contributed by atoms with Gasteiger partial charge in [0.2, 0.25) is 5.82 Å². The van der Waals surface area contributed by atoms with Crippen LogP contribution in [0.3, 0.4) is 0 Å². The molecule has 0 saturated carbocycles. The highest BCUT2D eigenvalue weighted by Crippen LogP contribution is 2.35. The molecule has 3 aliphatic rings. The van der Waals surface area contributed by atoms with Crippen molar-refractivity contribution in [3.8, 4) is 0 Å². The number of hydrogen-bond donors (Lipinski definition) is 4. The summed E-state index contributed by atoms with van der Waals surface area (Å²) in [5.41, 5.74) is 0.711. The lowest BCUT2D eigenvalue weighted by Gasteiger charge is -2.31. The second-order valence-corrected chi connectivity index (χ2v) is 10.2. The van der Waals surface area contributed by atoms with Crippen LogP contribution in [-0.2, 0) is 16.1 Å². The normalized spacial score (nSPS) is 20.1. The van der Waals surface area contributed by atoms with E-state index in [1.807, 2.05) is 4.90 Å². The molecule has 1 aromatic rings. The summed E-state index contributed by atoms with van der Waals surface area (Å²) >= 11 is 3.31. The highest BCUT2D eigenvalue weighted by molar-refractivity contribution is 9.12. The van der Waals surface area contributed by atoms with Gasteiger partial charge in [0.1, 0.15) is 17.9 Å². The molecular formula is C24H29BrFN6O4+. The molecule has 10 nitrogen and oxygen atoms in total. The van der Waals surface area contributed by atoms with Crippen LogP contribution in [0.2, 0.25) is 0 Å². The molecule has 1 saturated heterocycles. The second-order valence-electron chi connectivity index (χ2n) is 9.31. The van der Waals surface area contributed by atoms with Gasteiger partial charge in [-0.25, -0.2) is 9.38 Å². The first-order valence-electron chi connectivity index (χ1n) is 11.5. The molecule has 0 bridgehead atoms. The van der Waals surface area contributed by atoms with Crippen molar-refractivity contribution in [2.24, 2.45) is 4.99 Å². The lowest BCUT2D eigenvalue weighted by molar-refractivity contribution is -0.537. The Kier molecular flexibility index (Phi) is 7.69. The van der Waals surface area contributed by atoms with Crippen molar-refractivity contribution in [3.05, 3.63) is 45.3 Å². The maximum atomic E-state index is 14.5. The monoisotopic (exact) mass is 563 g/mol. The van der Waals surface area contributed by atoms with Gasteiger partial charge in [0.05, 0.1) is 47.4 Å². The number of benzene rings is 1. The summed E-state index contributed by atoms with van der Waals surface area (Å²) in [5.74, 6) is -0.488. The maximum Gasteiger partial charge on any atom is 0.265 e.